The Kier molecular flexibility index (Phi) is 6.07. The molecule has 0 amide bonds. The predicted octanol–water partition coefficient (Wildman–Crippen LogP) is 3.41. The van der Waals surface area contributed by atoms with Crippen LogP contribution in [-0.2, 0) is 4.79 Å². The molecule has 0 atom stereocenters. The van der Waals surface area contributed by atoms with Crippen molar-refractivity contribution in [1.29, 1.82) is 0 Å². The average Bonchev–Trinajstić information content (AvgIpc) is 2.30. The summed E-state index contributed by atoms with van der Waals surface area (Å²) in [4.78, 5) is 10.5. The van der Waals surface area contributed by atoms with Crippen LogP contribution < -0.4 is 9.84 Å². The highest BCUT2D eigenvalue weighted by Crippen LogP contribution is 2.37. The van der Waals surface area contributed by atoms with Gasteiger partial charge in [-0.25, -0.2) is 0 Å². The first-order valence-electron chi connectivity index (χ1n) is 5.83. The van der Waals surface area contributed by atoms with Gasteiger partial charge in [-0.2, -0.15) is 0 Å². The number of carbonyl (C=O) groups is 1. The maximum absolute atomic E-state index is 10.5. The molecular weight excluding hydrogens is 376 g/mol. The minimum atomic E-state index is -1.23. The van der Waals surface area contributed by atoms with Crippen molar-refractivity contribution < 1.29 is 14.6 Å². The second-order valence-corrected chi connectivity index (χ2v) is 6.22. The molecule has 0 aliphatic carbocycles. The lowest BCUT2D eigenvalue weighted by atomic mass is 10.0. The highest BCUT2D eigenvalue weighted by molar-refractivity contribution is 9.11. The van der Waals surface area contributed by atoms with E-state index in [1.807, 2.05) is 12.1 Å². The van der Waals surface area contributed by atoms with Crippen LogP contribution in [-0.4, -0.2) is 12.6 Å². The summed E-state index contributed by atoms with van der Waals surface area (Å²) < 4.78 is 7.49. The summed E-state index contributed by atoms with van der Waals surface area (Å²) in [5, 5.41) is 10.5. The Hall–Kier alpha value is -0.810. The highest BCUT2D eigenvalue weighted by atomic mass is 79.9. The summed E-state index contributed by atoms with van der Waals surface area (Å²) >= 11 is 6.90. The number of carboxylic acids is 1. The molecule has 0 aliphatic rings. The van der Waals surface area contributed by atoms with Crippen LogP contribution in [0.25, 0.3) is 0 Å². The standard InChI is InChI=1S/C14H16Br2O3/c1-8(2)11-6-10(15)7-12(16)13(11)19-5-4-9(3)14(17)18/h6-8H,3-5H2,1-2H3,(H,17,18)/p-1. The van der Waals surface area contributed by atoms with Gasteiger partial charge in [-0.15, -0.1) is 0 Å². The van der Waals surface area contributed by atoms with Gasteiger partial charge in [0.05, 0.1) is 17.0 Å². The van der Waals surface area contributed by atoms with Crippen molar-refractivity contribution in [2.24, 2.45) is 0 Å². The number of benzene rings is 1. The molecule has 0 heterocycles. The molecule has 0 fully saturated rings. The molecule has 104 valence electrons. The van der Waals surface area contributed by atoms with Gasteiger partial charge in [-0.3, -0.25) is 0 Å². The number of carboxylic acid groups (broad SMARTS) is 1. The van der Waals surface area contributed by atoms with Crippen LogP contribution in [0.2, 0.25) is 0 Å². The Morgan fingerprint density at radius 1 is 1.42 bits per heavy atom. The van der Waals surface area contributed by atoms with Crippen LogP contribution in [0.3, 0.4) is 0 Å². The molecule has 0 saturated carbocycles. The molecule has 1 rings (SSSR count). The van der Waals surface area contributed by atoms with Crippen molar-refractivity contribution >= 4 is 37.8 Å². The van der Waals surface area contributed by atoms with Gasteiger partial charge in [-0.05, 0) is 45.1 Å². The van der Waals surface area contributed by atoms with E-state index in [-0.39, 0.29) is 18.6 Å². The summed E-state index contributed by atoms with van der Waals surface area (Å²) in [7, 11) is 0. The fourth-order valence-corrected chi connectivity index (χ4v) is 2.91. The summed E-state index contributed by atoms with van der Waals surface area (Å²) in [6, 6.07) is 3.90. The first kappa shape index (κ1) is 16.2. The third kappa shape index (κ3) is 4.66. The number of rotatable bonds is 6. The Balaban J connectivity index is 2.83. The number of carbonyl (C=O) groups excluding carboxylic acids is 1. The fourth-order valence-electron chi connectivity index (χ4n) is 1.54. The Bertz CT molecular complexity index is 496. The zero-order valence-electron chi connectivity index (χ0n) is 10.8. The number of halogens is 2. The second-order valence-electron chi connectivity index (χ2n) is 4.45. The lowest BCUT2D eigenvalue weighted by Crippen LogP contribution is -2.24. The van der Waals surface area contributed by atoms with Crippen molar-refractivity contribution in [3.63, 3.8) is 0 Å². The fraction of sp³-hybridized carbons (Fsp3) is 0.357. The molecule has 3 nitrogen and oxygen atoms in total. The lowest BCUT2D eigenvalue weighted by Gasteiger charge is -2.17. The van der Waals surface area contributed by atoms with Gasteiger partial charge >= 0.3 is 0 Å². The van der Waals surface area contributed by atoms with E-state index in [1.54, 1.807) is 0 Å². The first-order valence-corrected chi connectivity index (χ1v) is 7.42. The monoisotopic (exact) mass is 389 g/mol. The van der Waals surface area contributed by atoms with Crippen molar-refractivity contribution in [2.75, 3.05) is 6.61 Å². The molecule has 0 N–H and O–H groups in total. The van der Waals surface area contributed by atoms with Crippen LogP contribution in [0.5, 0.6) is 5.75 Å². The molecule has 19 heavy (non-hydrogen) atoms. The quantitative estimate of drug-likeness (QED) is 0.699. The van der Waals surface area contributed by atoms with Gasteiger partial charge in [0.15, 0.2) is 0 Å². The smallest absolute Gasteiger partial charge is 0.137 e. The predicted molar refractivity (Wildman–Crippen MR) is 80.2 cm³/mol. The topological polar surface area (TPSA) is 49.4 Å². The van der Waals surface area contributed by atoms with Crippen molar-refractivity contribution in [3.05, 3.63) is 38.8 Å². The molecule has 0 unspecified atom stereocenters. The second kappa shape index (κ2) is 7.10. The molecule has 0 aliphatic heterocycles. The van der Waals surface area contributed by atoms with E-state index in [2.05, 4.69) is 52.3 Å². The number of hydrogen-bond donors (Lipinski definition) is 0. The Morgan fingerprint density at radius 3 is 2.58 bits per heavy atom. The molecule has 5 heteroatoms. The first-order chi connectivity index (χ1) is 8.82. The molecule has 0 radical (unpaired) electrons. The summed E-state index contributed by atoms with van der Waals surface area (Å²) in [5.74, 6) is -0.194. The number of aliphatic carboxylic acids is 1. The minimum Gasteiger partial charge on any atom is -0.545 e. The normalized spacial score (nSPS) is 10.6. The van der Waals surface area contributed by atoms with Crippen molar-refractivity contribution in [3.8, 4) is 5.75 Å². The van der Waals surface area contributed by atoms with Gasteiger partial charge in [0.25, 0.3) is 0 Å². The molecule has 0 saturated heterocycles. The summed E-state index contributed by atoms with van der Waals surface area (Å²) in [5.41, 5.74) is 1.10. The average molecular weight is 391 g/mol. The SMILES string of the molecule is C=C(CCOc1c(Br)cc(Br)cc1C(C)C)C(=O)[O-]. The zero-order valence-corrected chi connectivity index (χ0v) is 14.0. The van der Waals surface area contributed by atoms with Gasteiger partial charge in [0.1, 0.15) is 5.75 Å². The Morgan fingerprint density at radius 2 is 2.05 bits per heavy atom. The van der Waals surface area contributed by atoms with E-state index >= 15 is 0 Å². The van der Waals surface area contributed by atoms with E-state index in [4.69, 9.17) is 4.74 Å². The molecular formula is C14H15Br2O3-. The van der Waals surface area contributed by atoms with Crippen LogP contribution in [0.4, 0.5) is 0 Å². The maximum atomic E-state index is 10.5. The van der Waals surface area contributed by atoms with Crippen LogP contribution in [0, 0.1) is 0 Å². The third-order valence-corrected chi connectivity index (χ3v) is 3.64. The summed E-state index contributed by atoms with van der Waals surface area (Å²) in [6.45, 7) is 7.82. The maximum Gasteiger partial charge on any atom is 0.137 e. The van der Waals surface area contributed by atoms with Crippen LogP contribution in [0.15, 0.2) is 33.2 Å². The van der Waals surface area contributed by atoms with Crippen LogP contribution in [0.1, 0.15) is 31.7 Å². The van der Waals surface area contributed by atoms with E-state index in [0.717, 1.165) is 20.3 Å². The molecule has 1 aromatic rings. The van der Waals surface area contributed by atoms with Crippen LogP contribution >= 0.6 is 31.9 Å². The molecule has 0 spiro atoms. The molecule has 0 aromatic heterocycles. The molecule has 1 aromatic carbocycles. The van der Waals surface area contributed by atoms with Gasteiger partial charge in [0, 0.05) is 10.9 Å². The van der Waals surface area contributed by atoms with E-state index in [9.17, 15) is 9.90 Å². The number of ether oxygens (including phenoxy) is 1. The third-order valence-electron chi connectivity index (χ3n) is 2.60. The van der Waals surface area contributed by atoms with E-state index < -0.39 is 5.97 Å². The lowest BCUT2D eigenvalue weighted by molar-refractivity contribution is -0.299. The van der Waals surface area contributed by atoms with Crippen molar-refractivity contribution in [2.45, 2.75) is 26.2 Å². The number of hydrogen-bond acceptors (Lipinski definition) is 3. The Labute approximate surface area is 129 Å². The van der Waals surface area contributed by atoms with Gasteiger partial charge in [0.2, 0.25) is 0 Å². The molecule has 0 bridgehead atoms. The summed E-state index contributed by atoms with van der Waals surface area (Å²) in [6.07, 6.45) is 0.238. The van der Waals surface area contributed by atoms with E-state index in [1.165, 1.54) is 0 Å². The minimum absolute atomic E-state index is 0.0410. The van der Waals surface area contributed by atoms with Crippen molar-refractivity contribution in [1.82, 2.24) is 0 Å². The van der Waals surface area contributed by atoms with Gasteiger partial charge in [-0.1, -0.05) is 36.4 Å². The van der Waals surface area contributed by atoms with E-state index in [0.29, 0.717) is 5.92 Å². The largest absolute Gasteiger partial charge is 0.545 e. The zero-order chi connectivity index (χ0) is 14.6. The highest BCUT2D eigenvalue weighted by Gasteiger charge is 2.13. The van der Waals surface area contributed by atoms with Gasteiger partial charge < -0.3 is 14.6 Å².